The third-order valence-corrected chi connectivity index (χ3v) is 4.46. The molecular weight excluding hydrogens is 298 g/mol. The van der Waals surface area contributed by atoms with E-state index in [9.17, 15) is 5.11 Å². The Hall–Kier alpha value is -1.91. The number of rotatable bonds is 3. The average Bonchev–Trinajstić information content (AvgIpc) is 2.88. The number of quaternary nitrogens is 1. The first kappa shape index (κ1) is 16.9. The molecule has 0 saturated carbocycles. The molecule has 2 atom stereocenters. The van der Waals surface area contributed by atoms with E-state index >= 15 is 0 Å². The summed E-state index contributed by atoms with van der Waals surface area (Å²) in [6.07, 6.45) is 9.01. The van der Waals surface area contributed by atoms with Crippen LogP contribution in [-0.2, 0) is 5.41 Å². The Morgan fingerprint density at radius 3 is 2.58 bits per heavy atom. The van der Waals surface area contributed by atoms with Gasteiger partial charge in [0.05, 0.1) is 5.71 Å². The monoisotopic (exact) mass is 325 g/mol. The number of fused-ring (bicyclic) bond motifs is 1. The van der Waals surface area contributed by atoms with Crippen molar-refractivity contribution in [3.63, 3.8) is 0 Å². The summed E-state index contributed by atoms with van der Waals surface area (Å²) < 4.78 is 0. The highest BCUT2D eigenvalue weighted by atomic mass is 16.3. The van der Waals surface area contributed by atoms with E-state index in [4.69, 9.17) is 0 Å². The Balaban J connectivity index is 1.92. The van der Waals surface area contributed by atoms with E-state index < -0.39 is 0 Å². The molecule has 4 heteroatoms. The molecule has 1 aliphatic carbocycles. The number of nitrogens with one attached hydrogen (secondary N) is 1. The predicted molar refractivity (Wildman–Crippen MR) is 98.7 cm³/mol. The quantitative estimate of drug-likeness (QED) is 0.817. The molecule has 0 fully saturated rings. The average molecular weight is 325 g/mol. The van der Waals surface area contributed by atoms with E-state index in [1.165, 1.54) is 5.56 Å². The van der Waals surface area contributed by atoms with Crippen molar-refractivity contribution in [1.82, 2.24) is 0 Å². The van der Waals surface area contributed by atoms with Gasteiger partial charge >= 0.3 is 0 Å². The second kappa shape index (κ2) is 5.87. The van der Waals surface area contributed by atoms with Gasteiger partial charge in [0.1, 0.15) is 0 Å². The first-order valence-electron chi connectivity index (χ1n) is 8.51. The lowest BCUT2D eigenvalue weighted by Gasteiger charge is -2.33. The number of allylic oxidation sites excluding steroid dienone is 2. The summed E-state index contributed by atoms with van der Waals surface area (Å²) in [4.78, 5) is 0. The lowest BCUT2D eigenvalue weighted by molar-refractivity contribution is -0.795. The molecule has 24 heavy (non-hydrogen) atoms. The molecule has 1 aromatic carbocycles. The summed E-state index contributed by atoms with van der Waals surface area (Å²) >= 11 is 0. The van der Waals surface area contributed by atoms with Crippen molar-refractivity contribution in [1.29, 1.82) is 0 Å². The summed E-state index contributed by atoms with van der Waals surface area (Å²) in [6.45, 7) is 11.3. The van der Waals surface area contributed by atoms with Gasteiger partial charge in [-0.1, -0.05) is 64.0 Å². The van der Waals surface area contributed by atoms with Crippen molar-refractivity contribution in [3.05, 3.63) is 53.5 Å². The number of nitrogens with zero attached hydrogens (tertiary/aromatic N) is 2. The van der Waals surface area contributed by atoms with Crippen molar-refractivity contribution in [2.45, 2.75) is 52.5 Å². The first-order valence-corrected chi connectivity index (χ1v) is 8.51. The maximum atomic E-state index is 10.3. The van der Waals surface area contributed by atoms with Crippen molar-refractivity contribution in [3.8, 4) is 5.75 Å². The minimum absolute atomic E-state index is 0.0135. The maximum absolute atomic E-state index is 10.3. The molecule has 2 aliphatic rings. The van der Waals surface area contributed by atoms with Crippen LogP contribution in [0, 0.1) is 5.41 Å². The fourth-order valence-corrected chi connectivity index (χ4v) is 3.71. The Kier molecular flexibility index (Phi) is 4.14. The third kappa shape index (κ3) is 3.45. The van der Waals surface area contributed by atoms with Gasteiger partial charge in [-0.2, -0.15) is 0 Å². The fraction of sp³-hybridized carbons (Fsp3) is 0.450. The van der Waals surface area contributed by atoms with E-state index in [-0.39, 0.29) is 22.6 Å². The molecule has 2 N–H and O–H groups in total. The molecule has 2 unspecified atom stereocenters. The minimum Gasteiger partial charge on any atom is -0.503 e. The van der Waals surface area contributed by atoms with Gasteiger partial charge in [-0.3, -0.25) is 0 Å². The summed E-state index contributed by atoms with van der Waals surface area (Å²) in [6, 6.07) is 5.82. The molecule has 1 aliphatic heterocycles. The van der Waals surface area contributed by atoms with Gasteiger partial charge in [0.25, 0.3) is 0 Å². The lowest BCUT2D eigenvalue weighted by Crippen LogP contribution is -2.96. The zero-order valence-corrected chi connectivity index (χ0v) is 15.2. The number of aromatic hydroxyl groups is 1. The largest absolute Gasteiger partial charge is 0.503 e. The lowest BCUT2D eigenvalue weighted by atomic mass is 9.72. The van der Waals surface area contributed by atoms with Crippen LogP contribution in [-0.4, -0.2) is 16.9 Å². The molecule has 1 aromatic rings. The van der Waals surface area contributed by atoms with Gasteiger partial charge in [0.2, 0.25) is 0 Å². The van der Waals surface area contributed by atoms with Gasteiger partial charge in [-0.15, -0.1) is 0 Å². The molecule has 0 bridgehead atoms. The van der Waals surface area contributed by atoms with Crippen LogP contribution < -0.4 is 5.12 Å². The van der Waals surface area contributed by atoms with E-state index in [1.54, 1.807) is 6.07 Å². The van der Waals surface area contributed by atoms with Crippen LogP contribution in [0.1, 0.15) is 46.6 Å². The van der Waals surface area contributed by atoms with Crippen LogP contribution >= 0.6 is 0 Å². The first-order chi connectivity index (χ1) is 11.2. The highest BCUT2D eigenvalue weighted by Crippen LogP contribution is 2.38. The van der Waals surface area contributed by atoms with Crippen LogP contribution in [0.2, 0.25) is 0 Å². The minimum atomic E-state index is -0.0179. The smallest absolute Gasteiger partial charge is 0.190 e. The second-order valence-corrected chi connectivity index (χ2v) is 8.53. The normalized spacial score (nSPS) is 23.3. The second-order valence-electron chi connectivity index (χ2n) is 8.53. The molecule has 0 amide bonds. The van der Waals surface area contributed by atoms with Gasteiger partial charge in [-0.25, -0.2) is 5.12 Å². The maximum Gasteiger partial charge on any atom is 0.190 e. The number of hydrogen-bond acceptors (Lipinski definition) is 2. The van der Waals surface area contributed by atoms with Crippen LogP contribution in [0.3, 0.4) is 0 Å². The molecule has 128 valence electrons. The van der Waals surface area contributed by atoms with Crippen molar-refractivity contribution >= 4 is 11.4 Å². The van der Waals surface area contributed by atoms with E-state index in [1.807, 2.05) is 30.4 Å². The zero-order chi connectivity index (χ0) is 17.5. The van der Waals surface area contributed by atoms with Crippen molar-refractivity contribution in [2.24, 2.45) is 10.5 Å². The van der Waals surface area contributed by atoms with Crippen LogP contribution in [0.25, 0.3) is 5.43 Å². The molecule has 3 rings (SSSR count). The highest BCUT2D eigenvalue weighted by Gasteiger charge is 2.30. The number of phenols is 1. The van der Waals surface area contributed by atoms with Gasteiger partial charge in [0, 0.05) is 6.07 Å². The topological polar surface area (TPSA) is 51.1 Å². The van der Waals surface area contributed by atoms with E-state index in [0.29, 0.717) is 5.12 Å². The van der Waals surface area contributed by atoms with Crippen LogP contribution in [0.4, 0.5) is 5.69 Å². The van der Waals surface area contributed by atoms with Crippen LogP contribution in [0.5, 0.6) is 5.75 Å². The molecule has 4 nitrogen and oxygen atoms in total. The summed E-state index contributed by atoms with van der Waals surface area (Å²) in [5, 5.41) is 15.6. The van der Waals surface area contributed by atoms with Gasteiger partial charge in [0.15, 0.2) is 11.4 Å². The SMILES string of the molecule is CC(C)(C)CC(C)(C)c1ccc(O)c([NH+]2N=C3C=CC=CC3[N-]2)c1. The summed E-state index contributed by atoms with van der Waals surface area (Å²) in [7, 11) is 0. The number of benzene rings is 1. The molecular formula is C20H27N3O. The predicted octanol–water partition coefficient (Wildman–Crippen LogP) is 3.78. The molecule has 0 spiro atoms. The van der Waals surface area contributed by atoms with Crippen molar-refractivity contribution < 1.29 is 10.2 Å². The molecule has 1 heterocycles. The Labute approximate surface area is 144 Å². The van der Waals surface area contributed by atoms with Crippen molar-refractivity contribution in [2.75, 3.05) is 0 Å². The van der Waals surface area contributed by atoms with E-state index in [0.717, 1.165) is 17.8 Å². The van der Waals surface area contributed by atoms with E-state index in [2.05, 4.69) is 51.2 Å². The summed E-state index contributed by atoms with van der Waals surface area (Å²) in [5.74, 6) is 0.236. The number of phenolic OH excluding ortho intramolecular Hbond substituents is 1. The zero-order valence-electron chi connectivity index (χ0n) is 15.2. The highest BCUT2D eigenvalue weighted by molar-refractivity contribution is 6.03. The Bertz CT molecular complexity index is 723. The fourth-order valence-electron chi connectivity index (χ4n) is 3.71. The van der Waals surface area contributed by atoms with Crippen LogP contribution in [0.15, 0.2) is 47.6 Å². The molecule has 0 aromatic heterocycles. The Morgan fingerprint density at radius 2 is 1.92 bits per heavy atom. The standard InChI is InChI=1S/C20H27N3O/c1-19(2,3)13-20(4,5)14-10-11-18(24)17(12-14)23-21-15-8-6-7-9-16(15)22-23/h6-12,15,23-24H,13H2,1-5H3. The summed E-state index contributed by atoms with van der Waals surface area (Å²) in [5.41, 5.74) is 7.76. The molecule has 0 saturated heterocycles. The van der Waals surface area contributed by atoms with Gasteiger partial charge < -0.3 is 10.5 Å². The Morgan fingerprint density at radius 1 is 1.17 bits per heavy atom. The number of hydrogen-bond donors (Lipinski definition) is 2. The third-order valence-electron chi connectivity index (χ3n) is 4.46. The molecule has 0 radical (unpaired) electrons. The van der Waals surface area contributed by atoms with Gasteiger partial charge in [-0.05, 0) is 41.0 Å².